The van der Waals surface area contributed by atoms with E-state index >= 15 is 0 Å². The molecule has 1 rings (SSSR count). The molecule has 0 saturated heterocycles. The summed E-state index contributed by atoms with van der Waals surface area (Å²) >= 11 is 0. The quantitative estimate of drug-likeness (QED) is 0.119. The van der Waals surface area contributed by atoms with Gasteiger partial charge in [-0.3, -0.25) is 0 Å². The molecule has 1 unspecified atom stereocenters. The summed E-state index contributed by atoms with van der Waals surface area (Å²) in [5, 5.41) is 15.6. The van der Waals surface area contributed by atoms with Crippen molar-refractivity contribution in [2.75, 3.05) is 13.2 Å². The summed E-state index contributed by atoms with van der Waals surface area (Å²) < 4.78 is 4.82. The van der Waals surface area contributed by atoms with Crippen molar-refractivity contribution in [3.63, 3.8) is 0 Å². The predicted molar refractivity (Wildman–Crippen MR) is 65.8 cm³/mol. The molecule has 0 aliphatic carbocycles. The molecule has 1 heterocycles. The number of dihydropyridines is 1. The normalized spacial score (nSPS) is 17.7. The van der Waals surface area contributed by atoms with Crippen molar-refractivity contribution in [2.45, 2.75) is 6.17 Å². The molecule has 0 aromatic carbocycles. The maximum absolute atomic E-state index is 11.7. The van der Waals surface area contributed by atoms with Gasteiger partial charge in [0.1, 0.15) is 5.82 Å². The van der Waals surface area contributed by atoms with Gasteiger partial charge in [0, 0.05) is 16.7 Å². The molecule has 1 aliphatic heterocycles. The number of ether oxygens (including phenoxy) is 1. The van der Waals surface area contributed by atoms with Crippen LogP contribution in [0.1, 0.15) is 0 Å². The van der Waals surface area contributed by atoms with E-state index in [1.807, 2.05) is 0 Å². The van der Waals surface area contributed by atoms with Crippen molar-refractivity contribution in [3.05, 3.63) is 38.4 Å². The highest BCUT2D eigenvalue weighted by molar-refractivity contribution is 6.03. The summed E-state index contributed by atoms with van der Waals surface area (Å²) in [6.07, 6.45) is 1.08. The molecule has 0 aromatic heterocycles. The van der Waals surface area contributed by atoms with Gasteiger partial charge < -0.3 is 21.2 Å². The van der Waals surface area contributed by atoms with Crippen LogP contribution in [0.2, 0.25) is 0 Å². The number of azide groups is 1. The van der Waals surface area contributed by atoms with E-state index in [0.717, 1.165) is 6.21 Å². The molecule has 19 heavy (non-hydrogen) atoms. The summed E-state index contributed by atoms with van der Waals surface area (Å²) in [6.45, 7) is -0.125. The highest BCUT2D eigenvalue weighted by Gasteiger charge is 2.25. The van der Waals surface area contributed by atoms with Crippen molar-refractivity contribution in [2.24, 2.45) is 16.0 Å². The summed E-state index contributed by atoms with van der Waals surface area (Å²) in [7, 11) is 0. The lowest BCUT2D eigenvalue weighted by Gasteiger charge is -2.20. The Balaban J connectivity index is 2.84. The van der Waals surface area contributed by atoms with E-state index in [-0.39, 0.29) is 30.1 Å². The smallest absolute Gasteiger partial charge is 0.338 e. The number of rotatable bonds is 6. The Morgan fingerprint density at radius 2 is 2.47 bits per heavy atom. The Kier molecular flexibility index (Phi) is 5.05. The summed E-state index contributed by atoms with van der Waals surface area (Å²) in [5.74, 6) is -0.783. The zero-order valence-electron chi connectivity index (χ0n) is 9.74. The molecule has 1 aliphatic rings. The van der Waals surface area contributed by atoms with Gasteiger partial charge in [0.05, 0.1) is 18.7 Å². The van der Waals surface area contributed by atoms with E-state index in [9.17, 15) is 9.70 Å². The molecule has 0 amide bonds. The molecule has 10 nitrogen and oxygen atoms in total. The molecular formula is C9H11N7O3. The molecule has 0 spiro atoms. The standard InChI is InChI=1S/C9H11N7O3/c10-4-6-5(3-7(15-18)14-8(6)11)9(17)19-2-1-13-16-12/h3-4,7,10,14H,1-2,11H2. The number of nitroso groups, excluding NO2 is 1. The van der Waals surface area contributed by atoms with E-state index in [0.29, 0.717) is 0 Å². The van der Waals surface area contributed by atoms with Crippen LogP contribution in [0.4, 0.5) is 0 Å². The number of esters is 1. The molecular weight excluding hydrogens is 254 g/mol. The average Bonchev–Trinajstić information content (AvgIpc) is 2.42. The Hall–Kier alpha value is -2.87. The fourth-order valence-corrected chi connectivity index (χ4v) is 1.36. The predicted octanol–water partition coefficient (Wildman–Crippen LogP) is 0.282. The molecule has 0 aromatic rings. The van der Waals surface area contributed by atoms with Crippen molar-refractivity contribution < 1.29 is 9.53 Å². The van der Waals surface area contributed by atoms with Gasteiger partial charge in [-0.2, -0.15) is 0 Å². The maximum Gasteiger partial charge on any atom is 0.338 e. The second kappa shape index (κ2) is 6.77. The SMILES string of the molecule is [N-]=[N+]=NCCOC(=O)C1=CC(N=O)NC(N)=C1C=N. The second-order valence-electron chi connectivity index (χ2n) is 3.34. The van der Waals surface area contributed by atoms with Crippen molar-refractivity contribution in [3.8, 4) is 0 Å². The number of nitrogens with zero attached hydrogens (tertiary/aromatic N) is 4. The molecule has 0 radical (unpaired) electrons. The van der Waals surface area contributed by atoms with Crippen LogP contribution < -0.4 is 11.1 Å². The molecule has 4 N–H and O–H groups in total. The lowest BCUT2D eigenvalue weighted by Crippen LogP contribution is -2.36. The summed E-state index contributed by atoms with van der Waals surface area (Å²) in [5.41, 5.74) is 13.7. The first-order chi connectivity index (χ1) is 9.13. The van der Waals surface area contributed by atoms with Gasteiger partial charge in [-0.05, 0) is 16.8 Å². The van der Waals surface area contributed by atoms with Crippen molar-refractivity contribution >= 4 is 12.2 Å². The van der Waals surface area contributed by atoms with E-state index < -0.39 is 12.1 Å². The second-order valence-corrected chi connectivity index (χ2v) is 3.34. The Labute approximate surface area is 107 Å². The highest BCUT2D eigenvalue weighted by Crippen LogP contribution is 2.17. The average molecular weight is 265 g/mol. The fourth-order valence-electron chi connectivity index (χ4n) is 1.36. The molecule has 0 fully saturated rings. The van der Waals surface area contributed by atoms with E-state index in [2.05, 4.69) is 20.5 Å². The summed E-state index contributed by atoms with van der Waals surface area (Å²) in [4.78, 5) is 24.7. The number of nitrogens with one attached hydrogen (secondary N) is 2. The Morgan fingerprint density at radius 1 is 1.74 bits per heavy atom. The molecule has 1 atom stereocenters. The lowest BCUT2D eigenvalue weighted by atomic mass is 10.0. The molecule has 0 saturated carbocycles. The number of hydrogen-bond acceptors (Lipinski definition) is 8. The first kappa shape index (κ1) is 14.2. The first-order valence-electron chi connectivity index (χ1n) is 5.13. The molecule has 10 heteroatoms. The largest absolute Gasteiger partial charge is 0.462 e. The first-order valence-corrected chi connectivity index (χ1v) is 5.13. The van der Waals surface area contributed by atoms with Crippen LogP contribution in [0.5, 0.6) is 0 Å². The lowest BCUT2D eigenvalue weighted by molar-refractivity contribution is -0.138. The minimum atomic E-state index is -0.997. The third kappa shape index (κ3) is 3.54. The minimum absolute atomic E-state index is 0.0101. The minimum Gasteiger partial charge on any atom is -0.462 e. The number of nitrogens with two attached hydrogens (primary N) is 1. The van der Waals surface area contributed by atoms with E-state index in [1.54, 1.807) is 0 Å². The van der Waals surface area contributed by atoms with E-state index in [4.69, 9.17) is 21.4 Å². The van der Waals surface area contributed by atoms with Gasteiger partial charge in [0.15, 0.2) is 6.17 Å². The van der Waals surface area contributed by atoms with Gasteiger partial charge in [-0.25, -0.2) is 4.79 Å². The van der Waals surface area contributed by atoms with Gasteiger partial charge >= 0.3 is 5.97 Å². The van der Waals surface area contributed by atoms with Gasteiger partial charge in [0.25, 0.3) is 0 Å². The van der Waals surface area contributed by atoms with Crippen LogP contribution in [0, 0.1) is 10.3 Å². The van der Waals surface area contributed by atoms with Crippen molar-refractivity contribution in [1.29, 1.82) is 5.41 Å². The van der Waals surface area contributed by atoms with Gasteiger partial charge in [0.2, 0.25) is 0 Å². The van der Waals surface area contributed by atoms with Crippen LogP contribution >= 0.6 is 0 Å². The number of hydrogen-bond donors (Lipinski definition) is 3. The zero-order valence-corrected chi connectivity index (χ0v) is 9.74. The zero-order chi connectivity index (χ0) is 14.3. The van der Waals surface area contributed by atoms with Crippen LogP contribution in [0.25, 0.3) is 10.4 Å². The Bertz CT molecular complexity index is 504. The Morgan fingerprint density at radius 3 is 3.05 bits per heavy atom. The van der Waals surface area contributed by atoms with Crippen molar-refractivity contribution in [1.82, 2.24) is 5.32 Å². The molecule has 100 valence electrons. The van der Waals surface area contributed by atoms with Gasteiger partial charge in [-0.15, -0.1) is 4.91 Å². The topological polar surface area (TPSA) is 166 Å². The molecule has 0 bridgehead atoms. The number of carbonyl (C=O) groups excluding carboxylic acids is 1. The van der Waals surface area contributed by atoms with Crippen LogP contribution in [0.3, 0.4) is 0 Å². The summed E-state index contributed by atoms with van der Waals surface area (Å²) in [6, 6.07) is 0. The van der Waals surface area contributed by atoms with Crippen LogP contribution in [-0.2, 0) is 9.53 Å². The maximum atomic E-state index is 11.7. The third-order valence-electron chi connectivity index (χ3n) is 2.17. The van der Waals surface area contributed by atoms with Gasteiger partial charge in [-0.1, -0.05) is 5.11 Å². The monoisotopic (exact) mass is 265 g/mol. The van der Waals surface area contributed by atoms with Crippen LogP contribution in [0.15, 0.2) is 33.3 Å². The third-order valence-corrected chi connectivity index (χ3v) is 2.17. The van der Waals surface area contributed by atoms with E-state index in [1.165, 1.54) is 6.08 Å². The highest BCUT2D eigenvalue weighted by atomic mass is 16.5. The number of carbonyl (C=O) groups is 1. The fraction of sp³-hybridized carbons (Fsp3) is 0.333. The van der Waals surface area contributed by atoms with Crippen LogP contribution in [-0.4, -0.2) is 31.5 Å².